The number of ether oxygens (including phenoxy) is 1. The lowest BCUT2D eigenvalue weighted by Crippen LogP contribution is -2.36. The summed E-state index contributed by atoms with van der Waals surface area (Å²) in [5.74, 6) is -2.18. The van der Waals surface area contributed by atoms with Crippen molar-refractivity contribution in [1.29, 1.82) is 0 Å². The van der Waals surface area contributed by atoms with Crippen LogP contribution in [0.5, 0.6) is 0 Å². The summed E-state index contributed by atoms with van der Waals surface area (Å²) in [7, 11) is 1.30. The minimum absolute atomic E-state index is 0.00736. The van der Waals surface area contributed by atoms with Crippen LogP contribution in [0.1, 0.15) is 5.56 Å². The number of rotatable bonds is 6. The second-order valence-corrected chi connectivity index (χ2v) is 8.13. The van der Waals surface area contributed by atoms with Crippen molar-refractivity contribution >= 4 is 57.5 Å². The maximum Gasteiger partial charge on any atom is 0.325 e. The Morgan fingerprint density at radius 1 is 1.12 bits per heavy atom. The second-order valence-electron chi connectivity index (χ2n) is 7.13. The number of para-hydroxylation sites is 1. The maximum atomic E-state index is 13.3. The van der Waals surface area contributed by atoms with Gasteiger partial charge in [0.15, 0.2) is 0 Å². The quantitative estimate of drug-likeness (QED) is 0.439. The number of aromatic nitrogens is 1. The van der Waals surface area contributed by atoms with Crippen molar-refractivity contribution in [3.05, 3.63) is 71.0 Å². The molecule has 1 N–H and O–H groups in total. The molecule has 2 heterocycles. The average Bonchev–Trinajstić information content (AvgIpc) is 3.26. The fraction of sp³-hybridized carbons (Fsp3) is 0.130. The summed E-state index contributed by atoms with van der Waals surface area (Å²) in [6, 6.07) is 12.6. The molecule has 1 saturated heterocycles. The molecule has 10 heteroatoms. The van der Waals surface area contributed by atoms with Crippen LogP contribution in [0.3, 0.4) is 0 Å². The van der Waals surface area contributed by atoms with Crippen molar-refractivity contribution in [1.82, 2.24) is 9.47 Å². The third-order valence-corrected chi connectivity index (χ3v) is 5.82. The van der Waals surface area contributed by atoms with Crippen molar-refractivity contribution in [3.8, 4) is 0 Å². The van der Waals surface area contributed by atoms with E-state index >= 15 is 0 Å². The third-order valence-electron chi connectivity index (χ3n) is 4.92. The molecule has 3 amide bonds. The van der Waals surface area contributed by atoms with Crippen molar-refractivity contribution < 1.29 is 28.3 Å². The summed E-state index contributed by atoms with van der Waals surface area (Å²) in [6.45, 7) is -0.505. The zero-order valence-corrected chi connectivity index (χ0v) is 18.2. The van der Waals surface area contributed by atoms with Crippen LogP contribution in [-0.4, -0.2) is 46.1 Å². The van der Waals surface area contributed by atoms with Gasteiger partial charge in [-0.25, -0.2) is 4.39 Å². The molecule has 33 heavy (non-hydrogen) atoms. The summed E-state index contributed by atoms with van der Waals surface area (Å²) < 4.78 is 19.7. The zero-order valence-electron chi connectivity index (χ0n) is 17.4. The molecule has 1 fully saturated rings. The molecule has 0 radical (unpaired) electrons. The van der Waals surface area contributed by atoms with E-state index < -0.39 is 35.4 Å². The smallest absolute Gasteiger partial charge is 0.325 e. The van der Waals surface area contributed by atoms with Crippen LogP contribution in [0.4, 0.5) is 14.9 Å². The van der Waals surface area contributed by atoms with E-state index in [1.807, 2.05) is 24.3 Å². The summed E-state index contributed by atoms with van der Waals surface area (Å²) >= 11 is 0.721. The van der Waals surface area contributed by atoms with Gasteiger partial charge in [0.05, 0.1) is 12.0 Å². The Morgan fingerprint density at radius 3 is 2.67 bits per heavy atom. The monoisotopic (exact) mass is 467 g/mol. The molecule has 1 aliphatic heterocycles. The molecule has 0 atom stereocenters. The molecule has 8 nitrogen and oxygen atoms in total. The first kappa shape index (κ1) is 22.3. The number of methoxy groups -OCH3 is 1. The predicted molar refractivity (Wildman–Crippen MR) is 122 cm³/mol. The first-order chi connectivity index (χ1) is 15.9. The lowest BCUT2D eigenvalue weighted by Gasteiger charge is -2.12. The van der Waals surface area contributed by atoms with E-state index in [4.69, 9.17) is 4.74 Å². The highest BCUT2D eigenvalue weighted by molar-refractivity contribution is 8.18. The SMILES string of the molecule is COC(=O)Cn1cc(/C=C2/SC(=O)N(CC(=O)Nc3cccc(F)c3)C2=O)c2ccccc21. The number of imide groups is 1. The molecule has 0 aliphatic carbocycles. The number of thioether (sulfide) groups is 1. The fourth-order valence-electron chi connectivity index (χ4n) is 3.41. The van der Waals surface area contributed by atoms with Gasteiger partial charge in [-0.05, 0) is 42.1 Å². The van der Waals surface area contributed by atoms with Gasteiger partial charge in [-0.15, -0.1) is 0 Å². The second kappa shape index (κ2) is 9.29. The minimum atomic E-state index is -0.626. The summed E-state index contributed by atoms with van der Waals surface area (Å²) in [6.07, 6.45) is 3.26. The highest BCUT2D eigenvalue weighted by atomic mass is 32.2. The molecule has 0 spiro atoms. The van der Waals surface area contributed by atoms with E-state index in [0.717, 1.165) is 33.6 Å². The Bertz CT molecular complexity index is 1320. The van der Waals surface area contributed by atoms with Gasteiger partial charge in [0.2, 0.25) is 5.91 Å². The number of carbonyl (C=O) groups excluding carboxylic acids is 4. The molecule has 3 aromatic rings. The van der Waals surface area contributed by atoms with Crippen molar-refractivity contribution in [3.63, 3.8) is 0 Å². The molecule has 168 valence electrons. The lowest BCUT2D eigenvalue weighted by atomic mass is 10.1. The van der Waals surface area contributed by atoms with Gasteiger partial charge < -0.3 is 14.6 Å². The van der Waals surface area contributed by atoms with Crippen LogP contribution in [-0.2, 0) is 25.7 Å². The van der Waals surface area contributed by atoms with Crippen molar-refractivity contribution in [2.24, 2.45) is 0 Å². The molecule has 2 aromatic carbocycles. The number of fused-ring (bicyclic) bond motifs is 1. The first-order valence-electron chi connectivity index (χ1n) is 9.81. The lowest BCUT2D eigenvalue weighted by molar-refractivity contribution is -0.141. The fourth-order valence-corrected chi connectivity index (χ4v) is 4.24. The molecule has 4 rings (SSSR count). The number of hydrogen-bond acceptors (Lipinski definition) is 6. The highest BCUT2D eigenvalue weighted by Gasteiger charge is 2.36. The minimum Gasteiger partial charge on any atom is -0.468 e. The van der Waals surface area contributed by atoms with E-state index in [1.54, 1.807) is 16.8 Å². The molecule has 0 saturated carbocycles. The van der Waals surface area contributed by atoms with Crippen molar-refractivity contribution in [2.45, 2.75) is 6.54 Å². The predicted octanol–water partition coefficient (Wildman–Crippen LogP) is 3.63. The van der Waals surface area contributed by atoms with Crippen LogP contribution >= 0.6 is 11.8 Å². The number of benzene rings is 2. The van der Waals surface area contributed by atoms with E-state index in [9.17, 15) is 23.6 Å². The van der Waals surface area contributed by atoms with Gasteiger partial charge in [0, 0.05) is 28.4 Å². The van der Waals surface area contributed by atoms with Crippen molar-refractivity contribution in [2.75, 3.05) is 19.0 Å². The standard InChI is InChI=1S/C23H18FN3O5S/c1-32-21(29)13-26-11-14(17-7-2-3-8-18(17)26)9-19-22(30)27(23(31)33-19)12-20(28)25-16-6-4-5-15(24)10-16/h2-11H,12-13H2,1H3,(H,25,28)/b19-9+. The van der Waals surface area contributed by atoms with E-state index in [2.05, 4.69) is 5.32 Å². The number of esters is 1. The number of amides is 3. The number of nitrogens with zero attached hydrogens (tertiary/aromatic N) is 2. The molecule has 1 aromatic heterocycles. The van der Waals surface area contributed by atoms with Crippen LogP contribution in [0.25, 0.3) is 17.0 Å². The Kier molecular flexibility index (Phi) is 6.27. The molecule has 0 bridgehead atoms. The van der Waals surface area contributed by atoms with Gasteiger partial charge in [0.1, 0.15) is 18.9 Å². The van der Waals surface area contributed by atoms with Crippen LogP contribution in [0.15, 0.2) is 59.6 Å². The van der Waals surface area contributed by atoms with Gasteiger partial charge in [-0.2, -0.15) is 0 Å². The molecular weight excluding hydrogens is 449 g/mol. The van der Waals surface area contributed by atoms with Crippen LogP contribution in [0.2, 0.25) is 0 Å². The number of hydrogen-bond donors (Lipinski definition) is 1. The number of carbonyl (C=O) groups is 4. The zero-order chi connectivity index (χ0) is 23.5. The normalized spacial score (nSPS) is 14.8. The van der Waals surface area contributed by atoms with Crippen LogP contribution in [0, 0.1) is 5.82 Å². The molecule has 1 aliphatic rings. The topological polar surface area (TPSA) is 97.7 Å². The molecular formula is C23H18FN3O5S. The largest absolute Gasteiger partial charge is 0.468 e. The Balaban J connectivity index is 1.55. The highest BCUT2D eigenvalue weighted by Crippen LogP contribution is 2.34. The Labute approximate surface area is 192 Å². The van der Waals surface area contributed by atoms with E-state index in [1.165, 1.54) is 25.3 Å². The maximum absolute atomic E-state index is 13.3. The van der Waals surface area contributed by atoms with E-state index in [-0.39, 0.29) is 17.1 Å². The molecule has 0 unspecified atom stereocenters. The number of nitrogens with one attached hydrogen (secondary N) is 1. The number of halogens is 1. The summed E-state index contributed by atoms with van der Waals surface area (Å²) in [5, 5.41) is 2.67. The number of anilines is 1. The summed E-state index contributed by atoms with van der Waals surface area (Å²) in [4.78, 5) is 50.2. The van der Waals surface area contributed by atoms with Gasteiger partial charge >= 0.3 is 5.97 Å². The average molecular weight is 467 g/mol. The van der Waals surface area contributed by atoms with Gasteiger partial charge in [0.25, 0.3) is 11.1 Å². The van der Waals surface area contributed by atoms with E-state index in [0.29, 0.717) is 5.56 Å². The Hall–Kier alpha value is -3.92. The first-order valence-corrected chi connectivity index (χ1v) is 10.6. The van der Waals surface area contributed by atoms with Crippen LogP contribution < -0.4 is 5.32 Å². The third kappa shape index (κ3) is 4.80. The van der Waals surface area contributed by atoms with Gasteiger partial charge in [-0.1, -0.05) is 24.3 Å². The summed E-state index contributed by atoms with van der Waals surface area (Å²) in [5.41, 5.74) is 1.63. The Morgan fingerprint density at radius 2 is 1.91 bits per heavy atom. The van der Waals surface area contributed by atoms with Gasteiger partial charge in [-0.3, -0.25) is 24.1 Å².